The van der Waals surface area contributed by atoms with E-state index in [1.807, 2.05) is 0 Å². The summed E-state index contributed by atoms with van der Waals surface area (Å²) in [5.74, 6) is -2.22. The van der Waals surface area contributed by atoms with Crippen LogP contribution in [0.1, 0.15) is 16.2 Å². The van der Waals surface area contributed by atoms with Crippen molar-refractivity contribution in [3.8, 4) is 11.5 Å². The van der Waals surface area contributed by atoms with Gasteiger partial charge in [0.2, 0.25) is 5.91 Å². The summed E-state index contributed by atoms with van der Waals surface area (Å²) in [5.41, 5.74) is 6.71. The quantitative estimate of drug-likeness (QED) is 0.648. The van der Waals surface area contributed by atoms with Gasteiger partial charge in [-0.3, -0.25) is 14.6 Å². The first-order valence-corrected chi connectivity index (χ1v) is 8.09. The fraction of sp³-hybridized carbons (Fsp3) is 0.167. The molecule has 27 heavy (non-hydrogen) atoms. The van der Waals surface area contributed by atoms with Gasteiger partial charge in [0.05, 0.1) is 11.5 Å². The third kappa shape index (κ3) is 4.72. The highest BCUT2D eigenvalue weighted by molar-refractivity contribution is 5.91. The lowest BCUT2D eigenvalue weighted by atomic mass is 9.98. The molecule has 0 aliphatic rings. The Labute approximate surface area is 153 Å². The largest absolute Gasteiger partial charge is 0.369 e. The number of carbonyl (C=O) groups is 2. The molecule has 2 aromatic heterocycles. The van der Waals surface area contributed by atoms with Gasteiger partial charge in [-0.15, -0.1) is 0 Å². The fourth-order valence-electron chi connectivity index (χ4n) is 2.40. The van der Waals surface area contributed by atoms with Crippen LogP contribution in [0.3, 0.4) is 0 Å². The van der Waals surface area contributed by atoms with Crippen molar-refractivity contribution in [2.75, 3.05) is 6.54 Å². The van der Waals surface area contributed by atoms with E-state index < -0.39 is 17.7 Å². The first-order valence-electron chi connectivity index (χ1n) is 8.09. The van der Waals surface area contributed by atoms with Crippen molar-refractivity contribution in [3.63, 3.8) is 0 Å². The van der Waals surface area contributed by atoms with Crippen LogP contribution in [0.5, 0.6) is 0 Å². The van der Waals surface area contributed by atoms with Gasteiger partial charge in [-0.2, -0.15) is 4.98 Å². The molecule has 2 heterocycles. The van der Waals surface area contributed by atoms with E-state index in [9.17, 15) is 14.0 Å². The van der Waals surface area contributed by atoms with Crippen LogP contribution in [0.15, 0.2) is 53.3 Å². The van der Waals surface area contributed by atoms with Gasteiger partial charge in [0.15, 0.2) is 0 Å². The summed E-state index contributed by atoms with van der Waals surface area (Å²) >= 11 is 0. The number of benzene rings is 1. The number of halogens is 1. The van der Waals surface area contributed by atoms with Crippen LogP contribution >= 0.6 is 0 Å². The van der Waals surface area contributed by atoms with Crippen molar-refractivity contribution in [3.05, 3.63) is 66.0 Å². The summed E-state index contributed by atoms with van der Waals surface area (Å²) in [6, 6.07) is 9.13. The van der Waals surface area contributed by atoms with E-state index in [0.717, 1.165) is 5.56 Å². The second-order valence-electron chi connectivity index (χ2n) is 5.80. The van der Waals surface area contributed by atoms with E-state index in [-0.39, 0.29) is 30.5 Å². The number of amides is 2. The maximum atomic E-state index is 13.0. The molecule has 0 radical (unpaired) electrons. The van der Waals surface area contributed by atoms with E-state index in [0.29, 0.717) is 5.56 Å². The fourth-order valence-corrected chi connectivity index (χ4v) is 2.40. The number of carbonyl (C=O) groups excluding carboxylic acids is 2. The lowest BCUT2D eigenvalue weighted by Gasteiger charge is -2.13. The molecule has 0 aliphatic heterocycles. The van der Waals surface area contributed by atoms with Crippen molar-refractivity contribution >= 4 is 11.8 Å². The highest BCUT2D eigenvalue weighted by Gasteiger charge is 2.20. The number of nitrogens with two attached hydrogens (primary N) is 1. The number of hydrogen-bond acceptors (Lipinski definition) is 6. The Bertz CT molecular complexity index is 928. The summed E-state index contributed by atoms with van der Waals surface area (Å²) in [5, 5.41) is 6.19. The number of rotatable bonds is 7. The van der Waals surface area contributed by atoms with Crippen LogP contribution in [-0.4, -0.2) is 33.5 Å². The number of pyridine rings is 1. The lowest BCUT2D eigenvalue weighted by Crippen LogP contribution is -2.37. The van der Waals surface area contributed by atoms with Gasteiger partial charge in [0.25, 0.3) is 17.6 Å². The second-order valence-corrected chi connectivity index (χ2v) is 5.80. The maximum Gasteiger partial charge on any atom is 0.292 e. The topological polar surface area (TPSA) is 124 Å². The van der Waals surface area contributed by atoms with E-state index >= 15 is 0 Å². The Morgan fingerprint density at radius 2 is 2.00 bits per heavy atom. The Hall–Kier alpha value is -3.62. The van der Waals surface area contributed by atoms with Gasteiger partial charge in [0.1, 0.15) is 5.82 Å². The van der Waals surface area contributed by atoms with Crippen molar-refractivity contribution in [2.45, 2.75) is 6.42 Å². The van der Waals surface area contributed by atoms with E-state index in [1.54, 1.807) is 30.5 Å². The predicted molar refractivity (Wildman–Crippen MR) is 92.7 cm³/mol. The Morgan fingerprint density at radius 3 is 2.67 bits per heavy atom. The molecule has 138 valence electrons. The summed E-state index contributed by atoms with van der Waals surface area (Å²) in [7, 11) is 0. The monoisotopic (exact) mass is 369 g/mol. The van der Waals surface area contributed by atoms with Crippen molar-refractivity contribution < 1.29 is 18.5 Å². The normalized spacial score (nSPS) is 11.7. The molecular weight excluding hydrogens is 353 g/mol. The van der Waals surface area contributed by atoms with E-state index in [2.05, 4.69) is 20.4 Å². The van der Waals surface area contributed by atoms with Crippen LogP contribution in [0.4, 0.5) is 4.39 Å². The SMILES string of the molecule is NC(=O)C(CNC(=O)c1noc(-c2cccnc2)n1)Cc1ccc(F)cc1. The van der Waals surface area contributed by atoms with Crippen LogP contribution in [0.2, 0.25) is 0 Å². The van der Waals surface area contributed by atoms with Gasteiger partial charge >= 0.3 is 0 Å². The zero-order valence-corrected chi connectivity index (χ0v) is 14.1. The number of hydrogen-bond donors (Lipinski definition) is 2. The third-order valence-corrected chi connectivity index (χ3v) is 3.84. The second kappa shape index (κ2) is 8.17. The van der Waals surface area contributed by atoms with Crippen molar-refractivity contribution in [2.24, 2.45) is 11.7 Å². The van der Waals surface area contributed by atoms with E-state index in [1.165, 1.54) is 18.3 Å². The minimum absolute atomic E-state index is 0.0116. The number of aromatic nitrogens is 3. The smallest absolute Gasteiger partial charge is 0.292 e. The van der Waals surface area contributed by atoms with E-state index in [4.69, 9.17) is 10.3 Å². The van der Waals surface area contributed by atoms with Gasteiger partial charge in [0, 0.05) is 18.9 Å². The molecular formula is C18H16FN5O3. The maximum absolute atomic E-state index is 13.0. The molecule has 8 nitrogen and oxygen atoms in total. The molecule has 3 N–H and O–H groups in total. The number of nitrogens with zero attached hydrogens (tertiary/aromatic N) is 3. The van der Waals surface area contributed by atoms with Crippen LogP contribution in [0, 0.1) is 11.7 Å². The zero-order chi connectivity index (χ0) is 19.2. The summed E-state index contributed by atoms with van der Waals surface area (Å²) in [6.45, 7) is -0.0116. The molecule has 9 heteroatoms. The predicted octanol–water partition coefficient (Wildman–Crippen LogP) is 1.34. The average Bonchev–Trinajstić information content (AvgIpc) is 3.17. The highest BCUT2D eigenvalue weighted by atomic mass is 19.1. The molecule has 2 amide bonds. The molecule has 0 spiro atoms. The zero-order valence-electron chi connectivity index (χ0n) is 14.1. The summed E-state index contributed by atoms with van der Waals surface area (Å²) < 4.78 is 18.0. The minimum Gasteiger partial charge on any atom is -0.369 e. The molecule has 1 unspecified atom stereocenters. The summed E-state index contributed by atoms with van der Waals surface area (Å²) in [4.78, 5) is 31.8. The molecule has 3 aromatic rings. The molecule has 0 aliphatic carbocycles. The first-order chi connectivity index (χ1) is 13.0. The Kier molecular flexibility index (Phi) is 5.50. The first kappa shape index (κ1) is 18.2. The Balaban J connectivity index is 1.62. The average molecular weight is 369 g/mol. The van der Waals surface area contributed by atoms with Crippen LogP contribution in [-0.2, 0) is 11.2 Å². The standard InChI is InChI=1S/C18H16FN5O3/c19-14-5-3-11(4-6-14)8-13(15(20)25)10-22-17(26)16-23-18(27-24-16)12-2-1-7-21-9-12/h1-7,9,13H,8,10H2,(H2,20,25)(H,22,26). The summed E-state index contributed by atoms with van der Waals surface area (Å²) in [6.07, 6.45) is 3.39. The van der Waals surface area contributed by atoms with Gasteiger partial charge in [-0.05, 0) is 36.2 Å². The molecule has 3 rings (SSSR count). The molecule has 0 saturated carbocycles. The van der Waals surface area contributed by atoms with Gasteiger partial charge in [-0.25, -0.2) is 4.39 Å². The van der Waals surface area contributed by atoms with Crippen LogP contribution in [0.25, 0.3) is 11.5 Å². The molecule has 0 bridgehead atoms. The lowest BCUT2D eigenvalue weighted by molar-refractivity contribution is -0.121. The minimum atomic E-state index is -0.663. The van der Waals surface area contributed by atoms with Crippen molar-refractivity contribution in [1.82, 2.24) is 20.4 Å². The molecule has 0 fully saturated rings. The molecule has 1 aromatic carbocycles. The van der Waals surface area contributed by atoms with Crippen LogP contribution < -0.4 is 11.1 Å². The highest BCUT2D eigenvalue weighted by Crippen LogP contribution is 2.15. The molecule has 0 saturated heterocycles. The Morgan fingerprint density at radius 1 is 1.22 bits per heavy atom. The third-order valence-electron chi connectivity index (χ3n) is 3.84. The van der Waals surface area contributed by atoms with Gasteiger partial charge in [-0.1, -0.05) is 17.3 Å². The number of nitrogens with one attached hydrogen (secondary N) is 1. The van der Waals surface area contributed by atoms with Gasteiger partial charge < -0.3 is 15.6 Å². The number of primary amides is 1. The van der Waals surface area contributed by atoms with Crippen molar-refractivity contribution in [1.29, 1.82) is 0 Å². The molecule has 1 atom stereocenters.